The minimum absolute atomic E-state index is 0.0359. The van der Waals surface area contributed by atoms with Crippen LogP contribution < -0.4 is 5.73 Å². The first-order valence-electron chi connectivity index (χ1n) is 10.4. The minimum atomic E-state index is -0.0614. The van der Waals surface area contributed by atoms with Crippen LogP contribution in [0.1, 0.15) is 37.9 Å². The van der Waals surface area contributed by atoms with Crippen LogP contribution in [-0.2, 0) is 4.74 Å². The molecule has 0 radical (unpaired) electrons. The number of morpholine rings is 1. The molecule has 2 saturated heterocycles. The second-order valence-corrected chi connectivity index (χ2v) is 8.81. The highest BCUT2D eigenvalue weighted by Gasteiger charge is 2.34. The zero-order chi connectivity index (χ0) is 21.4. The highest BCUT2D eigenvalue weighted by atomic mass is 32.1. The fraction of sp³-hybridized carbons (Fsp3) is 0.364. The summed E-state index contributed by atoms with van der Waals surface area (Å²) in [6.45, 7) is 3.51. The van der Waals surface area contributed by atoms with Gasteiger partial charge in [0.15, 0.2) is 0 Å². The standard InChI is InChI=1S/C22H23N5O3S/c23-17-4-3-14(12-25-17)21(28)27-7-5-15(13-27)18-16-2-1-6-24-20(16)31-19(18)22(29)26-8-10-30-11-9-26/h1-4,6,12,15H,5,7-11,13H2,(H2,23,25)/t15-/m0/s1. The van der Waals surface area contributed by atoms with Crippen LogP contribution >= 0.6 is 11.3 Å². The number of carbonyl (C=O) groups excluding carboxylic acids is 2. The highest BCUT2D eigenvalue weighted by molar-refractivity contribution is 7.20. The first kappa shape index (κ1) is 19.9. The number of anilines is 1. The molecule has 1 atom stereocenters. The number of hydrogen-bond donors (Lipinski definition) is 1. The molecule has 0 saturated carbocycles. The molecule has 9 heteroatoms. The summed E-state index contributed by atoms with van der Waals surface area (Å²) in [5, 5.41) is 1.01. The molecule has 3 aromatic rings. The zero-order valence-corrected chi connectivity index (χ0v) is 17.8. The fourth-order valence-corrected chi connectivity index (χ4v) is 5.52. The number of fused-ring (bicyclic) bond motifs is 1. The molecule has 0 aliphatic carbocycles. The van der Waals surface area contributed by atoms with Crippen LogP contribution in [0.5, 0.6) is 0 Å². The van der Waals surface area contributed by atoms with Crippen LogP contribution in [0.15, 0.2) is 36.7 Å². The second kappa shape index (κ2) is 8.24. The van der Waals surface area contributed by atoms with E-state index in [-0.39, 0.29) is 17.7 Å². The molecule has 2 aliphatic heterocycles. The predicted octanol–water partition coefficient (Wildman–Crippen LogP) is 2.38. The number of nitrogens with two attached hydrogens (primary N) is 1. The van der Waals surface area contributed by atoms with E-state index in [2.05, 4.69) is 9.97 Å². The number of carbonyl (C=O) groups is 2. The second-order valence-electron chi connectivity index (χ2n) is 7.81. The van der Waals surface area contributed by atoms with Gasteiger partial charge in [0, 0.05) is 49.9 Å². The SMILES string of the molecule is Nc1ccc(C(=O)N2CC[C@H](c3c(C(=O)N4CCOCC4)sc4ncccc34)C2)cn1. The fourth-order valence-electron chi connectivity index (χ4n) is 4.32. The summed E-state index contributed by atoms with van der Waals surface area (Å²) < 4.78 is 5.40. The number of nitrogens with zero attached hydrogens (tertiary/aromatic N) is 4. The number of ether oxygens (including phenoxy) is 1. The van der Waals surface area contributed by atoms with Crippen molar-refractivity contribution in [3.8, 4) is 0 Å². The topological polar surface area (TPSA) is 102 Å². The summed E-state index contributed by atoms with van der Waals surface area (Å²) in [5.74, 6) is 0.450. The molecule has 31 heavy (non-hydrogen) atoms. The van der Waals surface area contributed by atoms with E-state index in [1.54, 1.807) is 18.3 Å². The molecule has 2 aliphatic rings. The molecule has 2 fully saturated rings. The van der Waals surface area contributed by atoms with E-state index < -0.39 is 0 Å². The van der Waals surface area contributed by atoms with Crippen LogP contribution in [0, 0.1) is 0 Å². The molecule has 0 unspecified atom stereocenters. The number of pyridine rings is 2. The Morgan fingerprint density at radius 1 is 1.06 bits per heavy atom. The monoisotopic (exact) mass is 437 g/mol. The molecule has 0 spiro atoms. The van der Waals surface area contributed by atoms with Crippen molar-refractivity contribution in [2.75, 3.05) is 45.1 Å². The molecule has 5 heterocycles. The van der Waals surface area contributed by atoms with Crippen molar-refractivity contribution in [2.24, 2.45) is 0 Å². The lowest BCUT2D eigenvalue weighted by Crippen LogP contribution is -2.40. The Balaban J connectivity index is 1.45. The number of likely N-dealkylation sites (tertiary alicyclic amines) is 1. The van der Waals surface area contributed by atoms with E-state index in [0.29, 0.717) is 50.8 Å². The normalized spacial score (nSPS) is 19.2. The third kappa shape index (κ3) is 3.75. The van der Waals surface area contributed by atoms with Crippen LogP contribution in [0.3, 0.4) is 0 Å². The van der Waals surface area contributed by atoms with Crippen molar-refractivity contribution in [1.29, 1.82) is 0 Å². The Hall–Kier alpha value is -3.04. The van der Waals surface area contributed by atoms with Crippen LogP contribution in [0.2, 0.25) is 0 Å². The molecular weight excluding hydrogens is 414 g/mol. The number of thiophene rings is 1. The molecular formula is C22H23N5O3S. The summed E-state index contributed by atoms with van der Waals surface area (Å²) in [6.07, 6.45) is 4.07. The van der Waals surface area contributed by atoms with Gasteiger partial charge >= 0.3 is 0 Å². The van der Waals surface area contributed by atoms with Gasteiger partial charge < -0.3 is 20.3 Å². The first-order chi connectivity index (χ1) is 15.1. The van der Waals surface area contributed by atoms with Gasteiger partial charge in [-0.25, -0.2) is 9.97 Å². The van der Waals surface area contributed by atoms with E-state index in [9.17, 15) is 9.59 Å². The maximum atomic E-state index is 13.4. The summed E-state index contributed by atoms with van der Waals surface area (Å²) in [4.78, 5) is 40.1. The maximum Gasteiger partial charge on any atom is 0.264 e. The van der Waals surface area contributed by atoms with Crippen LogP contribution in [-0.4, -0.2) is 71.0 Å². The van der Waals surface area contributed by atoms with Gasteiger partial charge in [-0.3, -0.25) is 9.59 Å². The van der Waals surface area contributed by atoms with Gasteiger partial charge in [0.1, 0.15) is 10.6 Å². The third-order valence-electron chi connectivity index (χ3n) is 5.91. The maximum absolute atomic E-state index is 13.4. The lowest BCUT2D eigenvalue weighted by Gasteiger charge is -2.27. The lowest BCUT2D eigenvalue weighted by molar-refractivity contribution is 0.0305. The van der Waals surface area contributed by atoms with E-state index in [1.165, 1.54) is 17.5 Å². The molecule has 2 amide bonds. The van der Waals surface area contributed by atoms with Gasteiger partial charge in [-0.15, -0.1) is 11.3 Å². The Kier molecular flexibility index (Phi) is 5.29. The Bertz CT molecular complexity index is 1120. The van der Waals surface area contributed by atoms with Crippen molar-refractivity contribution in [3.05, 3.63) is 52.7 Å². The molecule has 0 aromatic carbocycles. The van der Waals surface area contributed by atoms with Crippen LogP contribution in [0.25, 0.3) is 10.2 Å². The lowest BCUT2D eigenvalue weighted by atomic mass is 9.95. The van der Waals surface area contributed by atoms with Gasteiger partial charge in [0.25, 0.3) is 11.8 Å². The quantitative estimate of drug-likeness (QED) is 0.675. The summed E-state index contributed by atoms with van der Waals surface area (Å²) in [7, 11) is 0. The highest BCUT2D eigenvalue weighted by Crippen LogP contribution is 2.40. The van der Waals surface area contributed by atoms with E-state index in [4.69, 9.17) is 10.5 Å². The zero-order valence-electron chi connectivity index (χ0n) is 17.0. The Morgan fingerprint density at radius 2 is 1.90 bits per heavy atom. The van der Waals surface area contributed by atoms with Crippen molar-refractivity contribution < 1.29 is 14.3 Å². The average Bonchev–Trinajstić information content (AvgIpc) is 3.44. The van der Waals surface area contributed by atoms with Crippen molar-refractivity contribution in [3.63, 3.8) is 0 Å². The average molecular weight is 438 g/mol. The van der Waals surface area contributed by atoms with Crippen LogP contribution in [0.4, 0.5) is 5.82 Å². The minimum Gasteiger partial charge on any atom is -0.384 e. The molecule has 0 bridgehead atoms. The predicted molar refractivity (Wildman–Crippen MR) is 118 cm³/mol. The molecule has 2 N–H and O–H groups in total. The first-order valence-corrected chi connectivity index (χ1v) is 11.2. The van der Waals surface area contributed by atoms with Crippen molar-refractivity contribution >= 4 is 39.2 Å². The Labute approximate surface area is 183 Å². The Morgan fingerprint density at radius 3 is 2.68 bits per heavy atom. The van der Waals surface area contributed by atoms with Gasteiger partial charge in [-0.05, 0) is 30.2 Å². The summed E-state index contributed by atoms with van der Waals surface area (Å²) in [5.41, 5.74) is 7.19. The molecule has 5 rings (SSSR count). The number of aromatic nitrogens is 2. The summed E-state index contributed by atoms with van der Waals surface area (Å²) >= 11 is 1.45. The number of rotatable bonds is 3. The number of amides is 2. The van der Waals surface area contributed by atoms with Gasteiger partial charge in [0.05, 0.1) is 23.7 Å². The largest absolute Gasteiger partial charge is 0.384 e. The number of hydrogen-bond acceptors (Lipinski definition) is 7. The molecule has 3 aromatic heterocycles. The molecule has 160 valence electrons. The van der Waals surface area contributed by atoms with Crippen molar-refractivity contribution in [1.82, 2.24) is 19.8 Å². The third-order valence-corrected chi connectivity index (χ3v) is 7.03. The van der Waals surface area contributed by atoms with Gasteiger partial charge in [0.2, 0.25) is 0 Å². The van der Waals surface area contributed by atoms with Crippen molar-refractivity contribution in [2.45, 2.75) is 12.3 Å². The number of nitrogen functional groups attached to an aromatic ring is 1. The van der Waals surface area contributed by atoms with Gasteiger partial charge in [-0.2, -0.15) is 0 Å². The summed E-state index contributed by atoms with van der Waals surface area (Å²) in [6, 6.07) is 7.27. The smallest absolute Gasteiger partial charge is 0.264 e. The van der Waals surface area contributed by atoms with Gasteiger partial charge in [-0.1, -0.05) is 6.07 Å². The van der Waals surface area contributed by atoms with E-state index in [1.807, 2.05) is 21.9 Å². The molecule has 8 nitrogen and oxygen atoms in total. The van der Waals surface area contributed by atoms with E-state index in [0.717, 1.165) is 27.1 Å². The van der Waals surface area contributed by atoms with E-state index >= 15 is 0 Å².